The predicted octanol–water partition coefficient (Wildman–Crippen LogP) is 3.74. The van der Waals surface area contributed by atoms with Crippen LogP contribution in [0.15, 0.2) is 29.8 Å². The zero-order valence-corrected chi connectivity index (χ0v) is 23.3. The lowest BCUT2D eigenvalue weighted by Gasteiger charge is -2.34. The van der Waals surface area contributed by atoms with Crippen molar-refractivity contribution in [3.8, 4) is 10.4 Å². The van der Waals surface area contributed by atoms with E-state index in [1.807, 2.05) is 64.4 Å². The molecule has 1 saturated heterocycles. The van der Waals surface area contributed by atoms with Gasteiger partial charge in [-0.05, 0) is 29.9 Å². The van der Waals surface area contributed by atoms with E-state index < -0.39 is 23.5 Å². The second-order valence-corrected chi connectivity index (χ2v) is 11.6. The van der Waals surface area contributed by atoms with Gasteiger partial charge >= 0.3 is 0 Å². The number of ketones is 1. The molecule has 2 N–H and O–H groups in total. The number of nitrogens with zero attached hydrogens (tertiary/aromatic N) is 2. The van der Waals surface area contributed by atoms with Crippen LogP contribution in [0.25, 0.3) is 10.4 Å². The van der Waals surface area contributed by atoms with Gasteiger partial charge in [0.15, 0.2) is 5.78 Å². The lowest BCUT2D eigenvalue weighted by molar-refractivity contribution is -0.146. The Bertz CT molecular complexity index is 1080. The Morgan fingerprint density at radius 3 is 2.54 bits per heavy atom. The third-order valence-corrected chi connectivity index (χ3v) is 7.66. The molecule has 9 heteroatoms. The Kier molecular flexibility index (Phi) is 9.98. The average Bonchev–Trinajstić information content (AvgIpc) is 3.46. The first-order valence-electron chi connectivity index (χ1n) is 12.9. The van der Waals surface area contributed by atoms with E-state index in [1.54, 1.807) is 11.3 Å². The molecule has 1 aliphatic rings. The number of nitrogens with one attached hydrogen (secondary N) is 1. The Balaban J connectivity index is 1.65. The highest BCUT2D eigenvalue weighted by atomic mass is 32.1. The molecule has 3 atom stereocenters. The highest BCUT2D eigenvalue weighted by molar-refractivity contribution is 7.13. The molecule has 1 fully saturated rings. The quantitative estimate of drug-likeness (QED) is 0.429. The molecule has 202 valence electrons. The maximum atomic E-state index is 13.6. The fourth-order valence-electron chi connectivity index (χ4n) is 4.55. The van der Waals surface area contributed by atoms with Gasteiger partial charge in [-0.1, -0.05) is 52.0 Å². The Morgan fingerprint density at radius 1 is 1.24 bits per heavy atom. The number of β-amino-alcohol motifs (C(OH)–C–C–N with tert-alkyl or cyclic N) is 1. The van der Waals surface area contributed by atoms with E-state index in [1.165, 1.54) is 4.90 Å². The van der Waals surface area contributed by atoms with Gasteiger partial charge in [-0.25, -0.2) is 4.98 Å². The molecule has 3 rings (SSSR count). The van der Waals surface area contributed by atoms with E-state index in [2.05, 4.69) is 10.3 Å². The third kappa shape index (κ3) is 7.69. The summed E-state index contributed by atoms with van der Waals surface area (Å²) >= 11 is 1.59. The number of amides is 2. The van der Waals surface area contributed by atoms with Crippen LogP contribution in [-0.2, 0) is 25.7 Å². The summed E-state index contributed by atoms with van der Waals surface area (Å²) in [5, 5.41) is 13.3. The summed E-state index contributed by atoms with van der Waals surface area (Å²) in [6, 6.07) is 7.16. The van der Waals surface area contributed by atoms with Gasteiger partial charge in [0.1, 0.15) is 12.6 Å². The predicted molar refractivity (Wildman–Crippen MR) is 144 cm³/mol. The number of rotatable bonds is 11. The van der Waals surface area contributed by atoms with Crippen LogP contribution in [0.4, 0.5) is 0 Å². The van der Waals surface area contributed by atoms with Crippen LogP contribution >= 0.6 is 11.3 Å². The van der Waals surface area contributed by atoms with Gasteiger partial charge in [0.25, 0.3) is 0 Å². The zero-order valence-electron chi connectivity index (χ0n) is 22.5. The van der Waals surface area contributed by atoms with E-state index in [0.717, 1.165) is 28.1 Å². The molecule has 1 aromatic heterocycles. The molecule has 37 heavy (non-hydrogen) atoms. The number of aryl methyl sites for hydroxylation is 1. The summed E-state index contributed by atoms with van der Waals surface area (Å²) in [4.78, 5) is 46.1. The van der Waals surface area contributed by atoms with Crippen LogP contribution in [-0.4, -0.2) is 64.5 Å². The average molecular weight is 530 g/mol. The summed E-state index contributed by atoms with van der Waals surface area (Å²) in [5.74, 6) is -1.34. The van der Waals surface area contributed by atoms with E-state index in [9.17, 15) is 19.5 Å². The lowest BCUT2D eigenvalue weighted by Crippen LogP contribution is -2.50. The van der Waals surface area contributed by atoms with Gasteiger partial charge in [-0.3, -0.25) is 14.4 Å². The molecule has 2 aromatic rings. The van der Waals surface area contributed by atoms with Crippen LogP contribution in [0, 0.1) is 18.3 Å². The van der Waals surface area contributed by atoms with Crippen molar-refractivity contribution < 1.29 is 24.2 Å². The fraction of sp³-hybridized carbons (Fsp3) is 0.571. The third-order valence-electron chi connectivity index (χ3n) is 6.68. The van der Waals surface area contributed by atoms with Crippen molar-refractivity contribution in [3.05, 3.63) is 41.0 Å². The molecular weight excluding hydrogens is 490 g/mol. The van der Waals surface area contributed by atoms with Gasteiger partial charge in [-0.2, -0.15) is 0 Å². The molecule has 2 amide bonds. The van der Waals surface area contributed by atoms with Crippen molar-refractivity contribution in [2.75, 3.05) is 19.8 Å². The molecule has 0 bridgehead atoms. The summed E-state index contributed by atoms with van der Waals surface area (Å²) < 4.78 is 5.37. The minimum Gasteiger partial charge on any atom is -0.391 e. The minimum atomic E-state index is -0.786. The number of thiazole rings is 1. The fourth-order valence-corrected chi connectivity index (χ4v) is 5.36. The van der Waals surface area contributed by atoms with E-state index in [0.29, 0.717) is 13.2 Å². The van der Waals surface area contributed by atoms with Crippen molar-refractivity contribution in [1.82, 2.24) is 15.2 Å². The zero-order chi connectivity index (χ0) is 27.2. The summed E-state index contributed by atoms with van der Waals surface area (Å²) in [6.45, 7) is 10.5. The second-order valence-electron chi connectivity index (χ2n) is 10.8. The molecule has 0 aliphatic carbocycles. The number of Topliss-reactive ketones (excluding diaryl/α,β-unsaturated/α-hetero) is 1. The summed E-state index contributed by atoms with van der Waals surface area (Å²) in [5.41, 5.74) is 4.32. The van der Waals surface area contributed by atoms with Gasteiger partial charge in [-0.15, -0.1) is 11.3 Å². The van der Waals surface area contributed by atoms with E-state index in [-0.39, 0.29) is 43.6 Å². The maximum Gasteiger partial charge on any atom is 0.243 e. The Labute approximate surface area is 223 Å². The number of likely N-dealkylation sites (tertiary alicyclic amines) is 1. The van der Waals surface area contributed by atoms with E-state index >= 15 is 0 Å². The molecule has 1 aromatic carbocycles. The number of carbonyl (C=O) groups is 3. The van der Waals surface area contributed by atoms with Crippen molar-refractivity contribution in [2.24, 2.45) is 11.3 Å². The first-order chi connectivity index (χ1) is 17.5. The van der Waals surface area contributed by atoms with Crippen LogP contribution in [0.3, 0.4) is 0 Å². The van der Waals surface area contributed by atoms with Crippen LogP contribution < -0.4 is 5.32 Å². The van der Waals surface area contributed by atoms with Gasteiger partial charge in [0.05, 0.1) is 22.2 Å². The van der Waals surface area contributed by atoms with Gasteiger partial charge in [0, 0.05) is 38.5 Å². The molecule has 8 nitrogen and oxygen atoms in total. The summed E-state index contributed by atoms with van der Waals surface area (Å²) in [6.07, 6.45) is 0.239. The topological polar surface area (TPSA) is 109 Å². The highest BCUT2D eigenvalue weighted by Crippen LogP contribution is 2.33. The number of hydrogen-bond acceptors (Lipinski definition) is 7. The molecular formula is C28H39N3O5S. The highest BCUT2D eigenvalue weighted by Gasteiger charge is 2.44. The Morgan fingerprint density at radius 2 is 1.95 bits per heavy atom. The summed E-state index contributed by atoms with van der Waals surface area (Å²) in [7, 11) is 0. The Hall–Kier alpha value is -2.62. The van der Waals surface area contributed by atoms with Crippen LogP contribution in [0.5, 0.6) is 0 Å². The minimum absolute atomic E-state index is 0.0262. The molecule has 1 aliphatic heterocycles. The molecule has 2 heterocycles. The number of aliphatic hydroxyl groups is 1. The number of hydrogen-bond donors (Lipinski definition) is 2. The number of benzene rings is 1. The molecule has 0 unspecified atom stereocenters. The van der Waals surface area contributed by atoms with Crippen molar-refractivity contribution in [1.29, 1.82) is 0 Å². The number of ether oxygens (including phenoxy) is 1. The largest absolute Gasteiger partial charge is 0.391 e. The van der Waals surface area contributed by atoms with Crippen molar-refractivity contribution >= 4 is 28.9 Å². The first-order valence-corrected chi connectivity index (χ1v) is 13.7. The normalized spacial score (nSPS) is 18.6. The number of aromatic nitrogens is 1. The molecule has 0 radical (unpaired) electrons. The van der Waals surface area contributed by atoms with Crippen LogP contribution in [0.1, 0.15) is 58.2 Å². The maximum absolute atomic E-state index is 13.6. The smallest absolute Gasteiger partial charge is 0.243 e. The van der Waals surface area contributed by atoms with Crippen molar-refractivity contribution in [2.45, 2.75) is 72.6 Å². The number of aliphatic hydroxyl groups excluding tert-OH is 1. The standard InChI is InChI=1S/C28H39N3O5S/c1-6-11-36-16-22(33)12-23(28(3,4)5)27(35)31-15-21(32)13-24(31)26(34)29-14-19-7-9-20(10-8-19)25-18(2)30-17-37-25/h7-10,17,21,23-24,32H,6,11-16H2,1-5H3,(H,29,34)/t21-,23-,24+/m0/s1. The van der Waals surface area contributed by atoms with Gasteiger partial charge < -0.3 is 20.1 Å². The molecule has 0 saturated carbocycles. The molecule has 0 spiro atoms. The van der Waals surface area contributed by atoms with E-state index in [4.69, 9.17) is 4.74 Å². The second kappa shape index (κ2) is 12.8. The van der Waals surface area contributed by atoms with Gasteiger partial charge in [0.2, 0.25) is 11.8 Å². The monoisotopic (exact) mass is 529 g/mol. The van der Waals surface area contributed by atoms with Crippen molar-refractivity contribution in [3.63, 3.8) is 0 Å². The first kappa shape index (κ1) is 28.9. The van der Waals surface area contributed by atoms with Crippen LogP contribution in [0.2, 0.25) is 0 Å². The number of carbonyl (C=O) groups excluding carboxylic acids is 3. The SMILES string of the molecule is CCCOCC(=O)C[C@@H](C(=O)N1C[C@@H](O)C[C@@H]1C(=O)NCc1ccc(-c2scnc2C)cc1)C(C)(C)C. The lowest BCUT2D eigenvalue weighted by atomic mass is 9.77.